The predicted molar refractivity (Wildman–Crippen MR) is 161 cm³/mol. The molecular formula is C30H35Cl2N3O4S. The fraction of sp³-hybridized carbons (Fsp3) is 0.333. The molecule has 0 saturated carbocycles. The summed E-state index contributed by atoms with van der Waals surface area (Å²) in [5.74, 6) is -0.842. The Kier molecular flexibility index (Phi) is 11.4. The third-order valence-corrected chi connectivity index (χ3v) is 8.88. The molecule has 1 atom stereocenters. The zero-order valence-corrected chi connectivity index (χ0v) is 25.3. The van der Waals surface area contributed by atoms with Crippen molar-refractivity contribution in [3.05, 3.63) is 94.0 Å². The molecule has 1 N–H and O–H groups in total. The number of benzene rings is 3. The van der Waals surface area contributed by atoms with Gasteiger partial charge in [-0.3, -0.25) is 13.9 Å². The van der Waals surface area contributed by atoms with Gasteiger partial charge in [-0.25, -0.2) is 8.42 Å². The largest absolute Gasteiger partial charge is 0.354 e. The number of carbonyl (C=O) groups is 2. The lowest BCUT2D eigenvalue weighted by molar-refractivity contribution is -0.140. The minimum atomic E-state index is -4.11. The summed E-state index contributed by atoms with van der Waals surface area (Å²) in [5.41, 5.74) is 1.88. The molecule has 0 heterocycles. The number of nitrogens with zero attached hydrogens (tertiary/aromatic N) is 2. The van der Waals surface area contributed by atoms with Crippen molar-refractivity contribution in [3.8, 4) is 0 Å². The second-order valence-corrected chi connectivity index (χ2v) is 12.2. The number of hydrogen-bond acceptors (Lipinski definition) is 4. The Bertz CT molecular complexity index is 1400. The van der Waals surface area contributed by atoms with Gasteiger partial charge >= 0.3 is 0 Å². The highest BCUT2D eigenvalue weighted by molar-refractivity contribution is 7.92. The molecule has 10 heteroatoms. The Hall–Kier alpha value is -3.07. The van der Waals surface area contributed by atoms with Crippen LogP contribution in [0.4, 0.5) is 5.69 Å². The SMILES string of the molecule is CCCCNC(=O)C(CC)N(Cc1ccc(Cl)cc1Cl)C(=O)CN(c1ccc(C)cc1)S(=O)(=O)c1ccccc1. The zero-order chi connectivity index (χ0) is 29.3. The van der Waals surface area contributed by atoms with Crippen molar-refractivity contribution in [1.29, 1.82) is 0 Å². The van der Waals surface area contributed by atoms with Crippen molar-refractivity contribution in [2.24, 2.45) is 0 Å². The Morgan fingerprint density at radius 3 is 2.23 bits per heavy atom. The van der Waals surface area contributed by atoms with Gasteiger partial charge in [-0.1, -0.05) is 85.4 Å². The lowest BCUT2D eigenvalue weighted by Gasteiger charge is -2.33. The standard InChI is InChI=1S/C30H35Cl2N3O4S/c1-4-6-18-33-30(37)28(5-2)34(20-23-14-15-24(31)19-27(23)32)29(36)21-35(25-16-12-22(3)13-17-25)40(38,39)26-10-8-7-9-11-26/h7-17,19,28H,4-6,18,20-21H2,1-3H3,(H,33,37). The maximum atomic E-state index is 14.1. The summed E-state index contributed by atoms with van der Waals surface area (Å²) in [6.45, 7) is 5.70. The molecule has 2 amide bonds. The molecule has 0 spiro atoms. The molecule has 7 nitrogen and oxygen atoms in total. The van der Waals surface area contributed by atoms with Crippen LogP contribution in [0.3, 0.4) is 0 Å². The van der Waals surface area contributed by atoms with E-state index in [9.17, 15) is 18.0 Å². The van der Waals surface area contributed by atoms with Gasteiger partial charge in [0.15, 0.2) is 0 Å². The number of nitrogens with one attached hydrogen (secondary N) is 1. The summed E-state index contributed by atoms with van der Waals surface area (Å²) in [6.07, 6.45) is 2.03. The van der Waals surface area contributed by atoms with E-state index in [1.165, 1.54) is 17.0 Å². The predicted octanol–water partition coefficient (Wildman–Crippen LogP) is 6.22. The molecule has 3 rings (SSSR count). The molecule has 0 radical (unpaired) electrons. The fourth-order valence-corrected chi connectivity index (χ4v) is 6.12. The average molecular weight is 605 g/mol. The number of amides is 2. The first-order valence-corrected chi connectivity index (χ1v) is 15.4. The quantitative estimate of drug-likeness (QED) is 0.235. The van der Waals surface area contributed by atoms with E-state index in [1.54, 1.807) is 60.7 Å². The second kappa shape index (κ2) is 14.5. The van der Waals surface area contributed by atoms with Crippen LogP contribution >= 0.6 is 23.2 Å². The topological polar surface area (TPSA) is 86.8 Å². The van der Waals surface area contributed by atoms with Crippen LogP contribution in [0.1, 0.15) is 44.2 Å². The summed E-state index contributed by atoms with van der Waals surface area (Å²) in [7, 11) is -4.11. The van der Waals surface area contributed by atoms with Gasteiger partial charge in [0, 0.05) is 23.1 Å². The van der Waals surface area contributed by atoms with E-state index in [-0.39, 0.29) is 17.3 Å². The molecule has 0 aliphatic rings. The highest BCUT2D eigenvalue weighted by atomic mass is 35.5. The number of sulfonamides is 1. The summed E-state index contributed by atoms with van der Waals surface area (Å²) < 4.78 is 28.7. The number of halogens is 2. The number of aryl methyl sites for hydroxylation is 1. The minimum absolute atomic E-state index is 0.00165. The Morgan fingerprint density at radius 2 is 1.62 bits per heavy atom. The van der Waals surface area contributed by atoms with Crippen molar-refractivity contribution < 1.29 is 18.0 Å². The van der Waals surface area contributed by atoms with Gasteiger partial charge in [0.25, 0.3) is 10.0 Å². The minimum Gasteiger partial charge on any atom is -0.354 e. The van der Waals surface area contributed by atoms with Crippen LogP contribution in [0, 0.1) is 6.92 Å². The third kappa shape index (κ3) is 7.99. The Morgan fingerprint density at radius 1 is 0.950 bits per heavy atom. The van der Waals surface area contributed by atoms with Crippen LogP contribution in [0.25, 0.3) is 0 Å². The fourth-order valence-electron chi connectivity index (χ4n) is 4.22. The first-order chi connectivity index (χ1) is 19.1. The summed E-state index contributed by atoms with van der Waals surface area (Å²) in [4.78, 5) is 28.8. The van der Waals surface area contributed by atoms with Crippen LogP contribution in [-0.2, 0) is 26.2 Å². The molecule has 0 aliphatic heterocycles. The Balaban J connectivity index is 2.04. The molecule has 0 aromatic heterocycles. The van der Waals surface area contributed by atoms with E-state index in [0.29, 0.717) is 34.3 Å². The van der Waals surface area contributed by atoms with E-state index in [4.69, 9.17) is 23.2 Å². The lowest BCUT2D eigenvalue weighted by Crippen LogP contribution is -2.52. The van der Waals surface area contributed by atoms with E-state index in [0.717, 1.165) is 22.7 Å². The summed E-state index contributed by atoms with van der Waals surface area (Å²) in [5, 5.41) is 3.69. The van der Waals surface area contributed by atoms with Crippen molar-refractivity contribution in [2.75, 3.05) is 17.4 Å². The highest BCUT2D eigenvalue weighted by Crippen LogP contribution is 2.27. The van der Waals surface area contributed by atoms with Gasteiger partial charge in [-0.2, -0.15) is 0 Å². The normalized spacial score (nSPS) is 12.0. The summed E-state index contributed by atoms with van der Waals surface area (Å²) >= 11 is 12.5. The van der Waals surface area contributed by atoms with Gasteiger partial charge in [0.2, 0.25) is 11.8 Å². The van der Waals surface area contributed by atoms with E-state index >= 15 is 0 Å². The van der Waals surface area contributed by atoms with Crippen LogP contribution in [0.5, 0.6) is 0 Å². The van der Waals surface area contributed by atoms with Crippen molar-refractivity contribution in [2.45, 2.75) is 57.5 Å². The smallest absolute Gasteiger partial charge is 0.264 e. The van der Waals surface area contributed by atoms with Crippen LogP contribution < -0.4 is 9.62 Å². The molecule has 3 aromatic carbocycles. The molecule has 0 bridgehead atoms. The van der Waals surface area contributed by atoms with Crippen LogP contribution in [0.15, 0.2) is 77.7 Å². The number of carbonyl (C=O) groups excluding carboxylic acids is 2. The van der Waals surface area contributed by atoms with E-state index < -0.39 is 28.5 Å². The molecule has 3 aromatic rings. The van der Waals surface area contributed by atoms with Gasteiger partial charge in [-0.05, 0) is 61.7 Å². The highest BCUT2D eigenvalue weighted by Gasteiger charge is 2.33. The Labute approximate surface area is 247 Å². The van der Waals surface area contributed by atoms with E-state index in [1.807, 2.05) is 20.8 Å². The molecule has 0 aliphatic carbocycles. The molecule has 0 saturated heterocycles. The zero-order valence-electron chi connectivity index (χ0n) is 22.9. The van der Waals surface area contributed by atoms with E-state index in [2.05, 4.69) is 5.32 Å². The first kappa shape index (κ1) is 31.5. The average Bonchev–Trinajstić information content (AvgIpc) is 2.93. The van der Waals surface area contributed by atoms with Gasteiger partial charge < -0.3 is 10.2 Å². The maximum absolute atomic E-state index is 14.1. The van der Waals surface area contributed by atoms with Gasteiger partial charge in [0.05, 0.1) is 10.6 Å². The van der Waals surface area contributed by atoms with Crippen LogP contribution in [-0.4, -0.2) is 44.3 Å². The van der Waals surface area contributed by atoms with Crippen molar-refractivity contribution in [3.63, 3.8) is 0 Å². The molecular weight excluding hydrogens is 569 g/mol. The van der Waals surface area contributed by atoms with Crippen LogP contribution in [0.2, 0.25) is 10.0 Å². The number of rotatable bonds is 13. The third-order valence-electron chi connectivity index (χ3n) is 6.50. The number of anilines is 1. The maximum Gasteiger partial charge on any atom is 0.264 e. The lowest BCUT2D eigenvalue weighted by atomic mass is 10.1. The summed E-state index contributed by atoms with van der Waals surface area (Å²) in [6, 6.07) is 19.0. The van der Waals surface area contributed by atoms with Crippen molar-refractivity contribution in [1.82, 2.24) is 10.2 Å². The molecule has 214 valence electrons. The molecule has 40 heavy (non-hydrogen) atoms. The molecule has 0 fully saturated rings. The first-order valence-electron chi connectivity index (χ1n) is 13.2. The number of unbranched alkanes of at least 4 members (excludes halogenated alkanes) is 1. The second-order valence-electron chi connectivity index (χ2n) is 9.49. The molecule has 1 unspecified atom stereocenters. The van der Waals surface area contributed by atoms with Gasteiger partial charge in [0.1, 0.15) is 12.6 Å². The number of hydrogen-bond donors (Lipinski definition) is 1. The van der Waals surface area contributed by atoms with Crippen molar-refractivity contribution >= 4 is 50.7 Å². The monoisotopic (exact) mass is 603 g/mol. The van der Waals surface area contributed by atoms with Gasteiger partial charge in [-0.15, -0.1) is 0 Å².